The Bertz CT molecular complexity index is 1060. The molecule has 2 unspecified atom stereocenters. The van der Waals surface area contributed by atoms with Gasteiger partial charge in [0.15, 0.2) is 0 Å². The molecule has 0 heterocycles. The lowest BCUT2D eigenvalue weighted by atomic mass is 10.0. The largest absolute Gasteiger partial charge is 0.472 e. The Kier molecular flexibility index (Phi) is 46.7. The Morgan fingerprint density at radius 1 is 0.492 bits per heavy atom. The van der Waals surface area contributed by atoms with Crippen molar-refractivity contribution in [3.05, 3.63) is 24.3 Å². The van der Waals surface area contributed by atoms with E-state index in [9.17, 15) is 14.3 Å². The summed E-state index contributed by atoms with van der Waals surface area (Å²) in [6.45, 7) is 5.65. The number of allylic oxidation sites excluding steroid dienone is 4. The number of quaternary nitrogens is 1. The number of esters is 1. The van der Waals surface area contributed by atoms with E-state index in [2.05, 4.69) is 38.2 Å². The number of ether oxygens (including phenoxy) is 2. The first-order valence-corrected chi connectivity index (χ1v) is 28.6. The van der Waals surface area contributed by atoms with Crippen molar-refractivity contribution < 1.29 is 37.3 Å². The first kappa shape index (κ1) is 62.0. The van der Waals surface area contributed by atoms with Gasteiger partial charge in [0.25, 0.3) is 0 Å². The molecule has 374 valence electrons. The molecule has 63 heavy (non-hydrogen) atoms. The first-order chi connectivity index (χ1) is 30.6. The van der Waals surface area contributed by atoms with Crippen LogP contribution >= 0.6 is 7.82 Å². The number of phosphoric ester groups is 1. The maximum Gasteiger partial charge on any atom is 0.472 e. The first-order valence-electron chi connectivity index (χ1n) is 27.1. The minimum Gasteiger partial charge on any atom is -0.457 e. The number of carbonyl (C=O) groups is 1. The predicted molar refractivity (Wildman–Crippen MR) is 270 cm³/mol. The molecule has 0 fully saturated rings. The zero-order valence-electron chi connectivity index (χ0n) is 42.6. The lowest BCUT2D eigenvalue weighted by molar-refractivity contribution is -0.870. The number of hydrogen-bond acceptors (Lipinski definition) is 6. The molecule has 2 atom stereocenters. The zero-order valence-corrected chi connectivity index (χ0v) is 43.5. The average Bonchev–Trinajstić information content (AvgIpc) is 3.24. The molecule has 0 bridgehead atoms. The average molecular weight is 913 g/mol. The van der Waals surface area contributed by atoms with Gasteiger partial charge in [-0.3, -0.25) is 13.8 Å². The number of unbranched alkanes of at least 4 members (excludes halogenated alkanes) is 33. The Balaban J connectivity index is 4.07. The van der Waals surface area contributed by atoms with Crippen molar-refractivity contribution in [1.82, 2.24) is 0 Å². The predicted octanol–water partition coefficient (Wildman–Crippen LogP) is 16.7. The van der Waals surface area contributed by atoms with Crippen LogP contribution in [0.4, 0.5) is 0 Å². The van der Waals surface area contributed by atoms with Crippen LogP contribution < -0.4 is 0 Å². The molecular weight excluding hydrogens is 806 g/mol. The number of carbonyl (C=O) groups excluding carboxylic acids is 1. The van der Waals surface area contributed by atoms with Crippen LogP contribution in [0.2, 0.25) is 0 Å². The van der Waals surface area contributed by atoms with Crippen LogP contribution in [0.5, 0.6) is 0 Å². The molecule has 0 rings (SSSR count). The van der Waals surface area contributed by atoms with Crippen molar-refractivity contribution in [2.24, 2.45) is 0 Å². The Hall–Kier alpha value is -1.02. The number of likely N-dealkylation sites (N-methyl/N-ethyl adjacent to an activating group) is 1. The van der Waals surface area contributed by atoms with Crippen molar-refractivity contribution in [3.63, 3.8) is 0 Å². The fourth-order valence-electron chi connectivity index (χ4n) is 7.82. The fourth-order valence-corrected chi connectivity index (χ4v) is 8.56. The van der Waals surface area contributed by atoms with E-state index in [1.54, 1.807) is 0 Å². The highest BCUT2D eigenvalue weighted by Crippen LogP contribution is 2.43. The van der Waals surface area contributed by atoms with Gasteiger partial charge >= 0.3 is 13.8 Å². The maximum absolute atomic E-state index is 12.8. The SMILES string of the molecule is CCCCCC/C=C\C/C=C\CCCCCCCCCC(=O)OC(COCCCCCCCCCCCCCCCCCCCCCCCCC)COP(=O)(O)OCC[N+](C)(C)C. The summed E-state index contributed by atoms with van der Waals surface area (Å²) < 4.78 is 35.2. The number of rotatable bonds is 51. The van der Waals surface area contributed by atoms with Crippen LogP contribution in [0.3, 0.4) is 0 Å². The molecule has 0 amide bonds. The van der Waals surface area contributed by atoms with Crippen molar-refractivity contribution >= 4 is 13.8 Å². The van der Waals surface area contributed by atoms with Gasteiger partial charge in [-0.25, -0.2) is 4.57 Å². The molecule has 0 saturated heterocycles. The van der Waals surface area contributed by atoms with E-state index in [4.69, 9.17) is 18.5 Å². The van der Waals surface area contributed by atoms with Crippen LogP contribution in [0.15, 0.2) is 24.3 Å². The van der Waals surface area contributed by atoms with Gasteiger partial charge < -0.3 is 18.9 Å². The third-order valence-corrected chi connectivity index (χ3v) is 13.0. The second-order valence-corrected chi connectivity index (χ2v) is 21.1. The number of phosphoric acid groups is 1. The number of nitrogens with zero attached hydrogens (tertiary/aromatic N) is 1. The van der Waals surface area contributed by atoms with Crippen molar-refractivity contribution in [2.45, 2.75) is 264 Å². The quantitative estimate of drug-likeness (QED) is 0.0214. The minimum atomic E-state index is -4.28. The van der Waals surface area contributed by atoms with Crippen molar-refractivity contribution in [1.29, 1.82) is 0 Å². The van der Waals surface area contributed by atoms with Gasteiger partial charge in [-0.2, -0.15) is 0 Å². The fraction of sp³-hybridized carbons (Fsp3) is 0.907. The summed E-state index contributed by atoms with van der Waals surface area (Å²) in [5.74, 6) is -0.316. The Labute approximate surface area is 392 Å². The molecule has 9 heteroatoms. The van der Waals surface area contributed by atoms with E-state index >= 15 is 0 Å². The highest BCUT2D eigenvalue weighted by atomic mass is 31.2. The molecule has 8 nitrogen and oxygen atoms in total. The summed E-state index contributed by atoms with van der Waals surface area (Å²) in [6.07, 6.45) is 56.6. The van der Waals surface area contributed by atoms with Gasteiger partial charge in [0, 0.05) is 13.0 Å². The van der Waals surface area contributed by atoms with Gasteiger partial charge in [0.1, 0.15) is 19.3 Å². The molecular formula is C54H107NO7P+. The standard InChI is InChI=1S/C54H106NO7P/c1-6-8-10-12-14-16-18-20-22-24-26-27-28-29-30-32-34-36-38-40-42-44-46-49-59-51-53(52-61-63(57,58)60-50-48-55(3,4)5)62-54(56)47-45-43-41-39-37-35-33-31-25-23-21-19-17-15-13-11-9-7-2/h17,19,23,25,53H,6-16,18,20-22,24,26-52H2,1-5H3/p+1/b19-17-,25-23-. The molecule has 0 radical (unpaired) electrons. The Morgan fingerprint density at radius 2 is 0.873 bits per heavy atom. The van der Waals surface area contributed by atoms with Crippen molar-refractivity contribution in [2.75, 3.05) is 54.1 Å². The number of hydrogen-bond donors (Lipinski definition) is 1. The molecule has 0 aliphatic heterocycles. The summed E-state index contributed by atoms with van der Waals surface area (Å²) in [5, 5.41) is 0. The van der Waals surface area contributed by atoms with E-state index < -0.39 is 13.9 Å². The summed E-state index contributed by atoms with van der Waals surface area (Å²) in [5.41, 5.74) is 0. The van der Waals surface area contributed by atoms with Crippen LogP contribution in [0.1, 0.15) is 258 Å². The van der Waals surface area contributed by atoms with Crippen LogP contribution in [-0.4, -0.2) is 75.6 Å². The summed E-state index contributed by atoms with van der Waals surface area (Å²) in [6, 6.07) is 0. The van der Waals surface area contributed by atoms with Gasteiger partial charge in [0.05, 0.1) is 34.4 Å². The zero-order chi connectivity index (χ0) is 46.2. The molecule has 0 spiro atoms. The third kappa shape index (κ3) is 51.8. The van der Waals surface area contributed by atoms with E-state index in [-0.39, 0.29) is 25.8 Å². The highest BCUT2D eigenvalue weighted by Gasteiger charge is 2.26. The van der Waals surface area contributed by atoms with E-state index in [0.717, 1.165) is 44.9 Å². The topological polar surface area (TPSA) is 91.3 Å². The van der Waals surface area contributed by atoms with Gasteiger partial charge in [0.2, 0.25) is 0 Å². The molecule has 0 aliphatic rings. The minimum absolute atomic E-state index is 0.0893. The van der Waals surface area contributed by atoms with Crippen LogP contribution in [0, 0.1) is 0 Å². The third-order valence-electron chi connectivity index (χ3n) is 12.0. The lowest BCUT2D eigenvalue weighted by Crippen LogP contribution is -2.37. The van der Waals surface area contributed by atoms with E-state index in [1.165, 1.54) is 193 Å². The molecule has 0 saturated carbocycles. The molecule has 0 aromatic heterocycles. The highest BCUT2D eigenvalue weighted by molar-refractivity contribution is 7.47. The summed E-state index contributed by atoms with van der Waals surface area (Å²) in [4.78, 5) is 23.0. The lowest BCUT2D eigenvalue weighted by Gasteiger charge is -2.24. The van der Waals surface area contributed by atoms with Crippen LogP contribution in [0.25, 0.3) is 0 Å². The molecule has 1 N–H and O–H groups in total. The molecule has 0 aromatic rings. The van der Waals surface area contributed by atoms with Gasteiger partial charge in [-0.15, -0.1) is 0 Å². The normalized spacial score (nSPS) is 13.7. The monoisotopic (exact) mass is 913 g/mol. The van der Waals surface area contributed by atoms with Gasteiger partial charge in [-0.05, 0) is 44.9 Å². The Morgan fingerprint density at radius 3 is 1.30 bits per heavy atom. The van der Waals surface area contributed by atoms with E-state index in [1.807, 2.05) is 21.1 Å². The summed E-state index contributed by atoms with van der Waals surface area (Å²) >= 11 is 0. The van der Waals surface area contributed by atoms with E-state index in [0.29, 0.717) is 24.1 Å². The molecule has 0 aliphatic carbocycles. The maximum atomic E-state index is 12.8. The second kappa shape index (κ2) is 47.5. The van der Waals surface area contributed by atoms with Gasteiger partial charge in [-0.1, -0.05) is 231 Å². The van der Waals surface area contributed by atoms with Crippen molar-refractivity contribution in [3.8, 4) is 0 Å². The second-order valence-electron chi connectivity index (χ2n) is 19.6. The summed E-state index contributed by atoms with van der Waals surface area (Å²) in [7, 11) is 1.67. The smallest absolute Gasteiger partial charge is 0.457 e. The van der Waals surface area contributed by atoms with Crippen LogP contribution in [-0.2, 0) is 27.9 Å². The molecule has 0 aromatic carbocycles.